The first-order valence-corrected chi connectivity index (χ1v) is 7.63. The summed E-state index contributed by atoms with van der Waals surface area (Å²) in [4.78, 5) is 0.293. The molecule has 0 spiro atoms. The Bertz CT molecular complexity index is 450. The third kappa shape index (κ3) is 2.77. The van der Waals surface area contributed by atoms with Gasteiger partial charge in [0.2, 0.25) is 0 Å². The van der Waals surface area contributed by atoms with Gasteiger partial charge in [0.25, 0.3) is 9.05 Å². The monoisotopic (exact) mass is 260 g/mol. The van der Waals surface area contributed by atoms with Crippen LogP contribution in [0.2, 0.25) is 0 Å². The Hall–Kier alpha value is -0.540. The van der Waals surface area contributed by atoms with Crippen LogP contribution in [0, 0.1) is 0 Å². The van der Waals surface area contributed by atoms with Crippen molar-refractivity contribution >= 4 is 19.7 Å². The van der Waals surface area contributed by atoms with Gasteiger partial charge in [0.15, 0.2) is 0 Å². The van der Waals surface area contributed by atoms with E-state index in [4.69, 9.17) is 10.7 Å². The molecule has 0 saturated carbocycles. The van der Waals surface area contributed by atoms with Crippen LogP contribution >= 0.6 is 10.7 Å². The Kier molecular flexibility index (Phi) is 4.02. The number of halogens is 1. The predicted molar refractivity (Wildman–Crippen MR) is 67.7 cm³/mol. The molecular formula is C12H17ClO2S. The molecule has 4 heteroatoms. The Balaban J connectivity index is 3.61. The van der Waals surface area contributed by atoms with E-state index in [0.29, 0.717) is 4.90 Å². The summed E-state index contributed by atoms with van der Waals surface area (Å²) < 4.78 is 23.3. The first kappa shape index (κ1) is 13.5. The van der Waals surface area contributed by atoms with Gasteiger partial charge in [0.05, 0.1) is 4.90 Å². The summed E-state index contributed by atoms with van der Waals surface area (Å²) in [5.74, 6) is 0.282. The fourth-order valence-corrected chi connectivity index (χ4v) is 3.47. The van der Waals surface area contributed by atoms with Crippen molar-refractivity contribution in [3.63, 3.8) is 0 Å². The summed E-state index contributed by atoms with van der Waals surface area (Å²) in [5.41, 5.74) is 1.59. The van der Waals surface area contributed by atoms with Gasteiger partial charge in [-0.1, -0.05) is 45.9 Å². The van der Waals surface area contributed by atoms with Crippen LogP contribution in [-0.2, 0) is 9.05 Å². The zero-order chi connectivity index (χ0) is 12.5. The molecule has 0 aliphatic heterocycles. The fraction of sp³-hybridized carbons (Fsp3) is 0.500. The molecule has 0 bridgehead atoms. The topological polar surface area (TPSA) is 34.1 Å². The highest BCUT2D eigenvalue weighted by Gasteiger charge is 2.22. The molecule has 0 N–H and O–H groups in total. The van der Waals surface area contributed by atoms with Gasteiger partial charge in [-0.3, -0.25) is 0 Å². The molecule has 0 unspecified atom stereocenters. The second kappa shape index (κ2) is 4.76. The van der Waals surface area contributed by atoms with Crippen molar-refractivity contribution in [3.05, 3.63) is 29.3 Å². The SMILES string of the molecule is CC(C)c1cccc(C(C)C)c1S(=O)(=O)Cl. The quantitative estimate of drug-likeness (QED) is 0.774. The molecule has 1 aromatic carbocycles. The first-order chi connectivity index (χ1) is 7.25. The molecule has 90 valence electrons. The molecule has 0 aliphatic carbocycles. The predicted octanol–water partition coefficient (Wildman–Crippen LogP) is 3.86. The van der Waals surface area contributed by atoms with Gasteiger partial charge < -0.3 is 0 Å². The minimum atomic E-state index is -3.68. The van der Waals surface area contributed by atoms with Gasteiger partial charge in [-0.15, -0.1) is 0 Å². The van der Waals surface area contributed by atoms with Crippen LogP contribution in [0.5, 0.6) is 0 Å². The molecule has 2 nitrogen and oxygen atoms in total. The van der Waals surface area contributed by atoms with Gasteiger partial charge in [-0.2, -0.15) is 0 Å². The van der Waals surface area contributed by atoms with Gasteiger partial charge in [0.1, 0.15) is 0 Å². The minimum Gasteiger partial charge on any atom is -0.207 e. The van der Waals surface area contributed by atoms with Crippen molar-refractivity contribution in [2.24, 2.45) is 0 Å². The number of rotatable bonds is 3. The van der Waals surface area contributed by atoms with Crippen molar-refractivity contribution in [1.82, 2.24) is 0 Å². The van der Waals surface area contributed by atoms with Crippen LogP contribution in [0.3, 0.4) is 0 Å². The third-order valence-electron chi connectivity index (χ3n) is 2.56. The van der Waals surface area contributed by atoms with Crippen LogP contribution in [0.15, 0.2) is 23.1 Å². The molecule has 0 atom stereocenters. The van der Waals surface area contributed by atoms with E-state index in [2.05, 4.69) is 0 Å². The molecule has 0 fully saturated rings. The van der Waals surface area contributed by atoms with Crippen molar-refractivity contribution < 1.29 is 8.42 Å². The molecule has 0 radical (unpaired) electrons. The van der Waals surface area contributed by atoms with Crippen molar-refractivity contribution in [2.45, 2.75) is 44.4 Å². The summed E-state index contributed by atoms with van der Waals surface area (Å²) in [5, 5.41) is 0. The minimum absolute atomic E-state index is 0.141. The number of benzene rings is 1. The maximum Gasteiger partial charge on any atom is 0.261 e. The lowest BCUT2D eigenvalue weighted by Crippen LogP contribution is -2.06. The molecule has 1 aromatic rings. The molecule has 0 aromatic heterocycles. The molecule has 0 aliphatic rings. The fourth-order valence-electron chi connectivity index (χ4n) is 1.76. The van der Waals surface area contributed by atoms with Crippen molar-refractivity contribution in [2.75, 3.05) is 0 Å². The second-order valence-corrected chi connectivity index (χ2v) is 7.02. The zero-order valence-corrected chi connectivity index (χ0v) is 11.6. The molecule has 0 heterocycles. The van der Waals surface area contributed by atoms with E-state index < -0.39 is 9.05 Å². The summed E-state index contributed by atoms with van der Waals surface area (Å²) in [6.07, 6.45) is 0. The number of hydrogen-bond acceptors (Lipinski definition) is 2. The standard InChI is InChI=1S/C12H17ClO2S/c1-8(2)10-6-5-7-11(9(3)4)12(10)16(13,14)15/h5-9H,1-4H3. The van der Waals surface area contributed by atoms with E-state index in [0.717, 1.165) is 11.1 Å². The Labute approximate surface area is 102 Å². The van der Waals surface area contributed by atoms with Gasteiger partial charge in [-0.05, 0) is 23.0 Å². The summed E-state index contributed by atoms with van der Waals surface area (Å²) in [7, 11) is 1.85. The van der Waals surface area contributed by atoms with Crippen LogP contribution in [0.1, 0.15) is 50.7 Å². The molecule has 1 rings (SSSR count). The van der Waals surface area contributed by atoms with E-state index >= 15 is 0 Å². The van der Waals surface area contributed by atoms with Crippen LogP contribution in [0.4, 0.5) is 0 Å². The summed E-state index contributed by atoms with van der Waals surface area (Å²) in [6, 6.07) is 5.54. The summed E-state index contributed by atoms with van der Waals surface area (Å²) >= 11 is 0. The van der Waals surface area contributed by atoms with E-state index in [-0.39, 0.29) is 11.8 Å². The Morgan fingerprint density at radius 1 is 1.00 bits per heavy atom. The molecule has 0 saturated heterocycles. The van der Waals surface area contributed by atoms with Crippen molar-refractivity contribution in [3.8, 4) is 0 Å². The maximum absolute atomic E-state index is 11.6. The lowest BCUT2D eigenvalue weighted by molar-refractivity contribution is 0.604. The molecule has 16 heavy (non-hydrogen) atoms. The normalized spacial score (nSPS) is 12.4. The third-order valence-corrected chi connectivity index (χ3v) is 3.99. The van der Waals surface area contributed by atoms with Gasteiger partial charge in [0, 0.05) is 10.7 Å². The van der Waals surface area contributed by atoms with Gasteiger partial charge >= 0.3 is 0 Å². The van der Waals surface area contributed by atoms with Crippen LogP contribution < -0.4 is 0 Å². The van der Waals surface area contributed by atoms with Gasteiger partial charge in [-0.25, -0.2) is 8.42 Å². The average molecular weight is 261 g/mol. The van der Waals surface area contributed by atoms with E-state index in [1.54, 1.807) is 0 Å². The maximum atomic E-state index is 11.6. The second-order valence-electron chi connectivity index (χ2n) is 4.51. The lowest BCUT2D eigenvalue weighted by atomic mass is 9.95. The van der Waals surface area contributed by atoms with Crippen molar-refractivity contribution in [1.29, 1.82) is 0 Å². The smallest absolute Gasteiger partial charge is 0.207 e. The lowest BCUT2D eigenvalue weighted by Gasteiger charge is -2.16. The van der Waals surface area contributed by atoms with Crippen LogP contribution in [-0.4, -0.2) is 8.42 Å². The summed E-state index contributed by atoms with van der Waals surface area (Å²) in [6.45, 7) is 7.85. The van der Waals surface area contributed by atoms with E-state index in [1.165, 1.54) is 0 Å². The van der Waals surface area contributed by atoms with Crippen LogP contribution in [0.25, 0.3) is 0 Å². The Morgan fingerprint density at radius 3 is 1.62 bits per heavy atom. The highest BCUT2D eigenvalue weighted by Crippen LogP contribution is 2.33. The molecule has 0 amide bonds. The highest BCUT2D eigenvalue weighted by atomic mass is 35.7. The first-order valence-electron chi connectivity index (χ1n) is 5.32. The zero-order valence-electron chi connectivity index (χ0n) is 9.99. The van der Waals surface area contributed by atoms with E-state index in [9.17, 15) is 8.42 Å². The largest absolute Gasteiger partial charge is 0.261 e. The Morgan fingerprint density at radius 2 is 1.38 bits per heavy atom. The molecular weight excluding hydrogens is 244 g/mol. The van der Waals surface area contributed by atoms with E-state index in [1.807, 2.05) is 45.9 Å². The average Bonchev–Trinajstić information content (AvgIpc) is 2.15. The number of hydrogen-bond donors (Lipinski definition) is 0. The highest BCUT2D eigenvalue weighted by molar-refractivity contribution is 8.13.